The molecule has 0 unspecified atom stereocenters. The molecule has 0 radical (unpaired) electrons. The van der Waals surface area contributed by atoms with Crippen LogP contribution in [0.2, 0.25) is 0 Å². The Hall–Kier alpha value is -2.18. The van der Waals surface area contributed by atoms with E-state index in [1.54, 1.807) is 6.20 Å². The Bertz CT molecular complexity index is 581. The summed E-state index contributed by atoms with van der Waals surface area (Å²) in [6, 6.07) is 2.27. The van der Waals surface area contributed by atoms with Crippen molar-refractivity contribution in [1.82, 2.24) is 25.5 Å². The summed E-state index contributed by atoms with van der Waals surface area (Å²) in [4.78, 5) is 34.4. The molecule has 2 aliphatic rings. The Labute approximate surface area is 155 Å². The van der Waals surface area contributed by atoms with Gasteiger partial charge in [0.1, 0.15) is 6.33 Å². The third-order valence-electron chi connectivity index (χ3n) is 5.36. The van der Waals surface area contributed by atoms with Crippen LogP contribution in [0.5, 0.6) is 0 Å². The minimum Gasteiger partial charge on any atom is -0.343 e. The molecule has 7 nitrogen and oxygen atoms in total. The van der Waals surface area contributed by atoms with Crippen LogP contribution in [0.25, 0.3) is 0 Å². The van der Waals surface area contributed by atoms with Crippen LogP contribution in [0.4, 0.5) is 4.79 Å². The molecule has 142 valence electrons. The van der Waals surface area contributed by atoms with Crippen LogP contribution < -0.4 is 10.6 Å². The van der Waals surface area contributed by atoms with Crippen molar-refractivity contribution in [1.29, 1.82) is 0 Å². The van der Waals surface area contributed by atoms with Gasteiger partial charge >= 0.3 is 6.03 Å². The Morgan fingerprint density at radius 2 is 1.73 bits per heavy atom. The molecule has 3 amide bonds. The lowest BCUT2D eigenvalue weighted by Crippen LogP contribution is -2.51. The van der Waals surface area contributed by atoms with Crippen molar-refractivity contribution >= 4 is 11.9 Å². The first-order valence-corrected chi connectivity index (χ1v) is 9.80. The van der Waals surface area contributed by atoms with Crippen molar-refractivity contribution in [2.45, 2.75) is 69.9 Å². The maximum atomic E-state index is 12.3. The first-order chi connectivity index (χ1) is 12.7. The van der Waals surface area contributed by atoms with E-state index in [1.807, 2.05) is 11.0 Å². The van der Waals surface area contributed by atoms with E-state index in [4.69, 9.17) is 0 Å². The molecular formula is C19H29N5O2. The average Bonchev–Trinajstić information content (AvgIpc) is 2.68. The van der Waals surface area contributed by atoms with Gasteiger partial charge in [0, 0.05) is 43.5 Å². The topological polar surface area (TPSA) is 87.2 Å². The minimum absolute atomic E-state index is 0.0505. The van der Waals surface area contributed by atoms with Crippen LogP contribution in [-0.4, -0.2) is 52.0 Å². The molecule has 0 bridgehead atoms. The van der Waals surface area contributed by atoms with E-state index >= 15 is 0 Å². The lowest BCUT2D eigenvalue weighted by molar-refractivity contribution is -0.132. The van der Waals surface area contributed by atoms with Gasteiger partial charge in [-0.1, -0.05) is 19.3 Å². The molecule has 0 aromatic carbocycles. The fraction of sp³-hybridized carbons (Fsp3) is 0.684. The predicted molar refractivity (Wildman–Crippen MR) is 98.5 cm³/mol. The maximum absolute atomic E-state index is 12.3. The summed E-state index contributed by atoms with van der Waals surface area (Å²) < 4.78 is 0. The number of aryl methyl sites for hydroxylation is 1. The lowest BCUT2D eigenvalue weighted by Gasteiger charge is -2.33. The zero-order chi connectivity index (χ0) is 18.2. The molecule has 7 heteroatoms. The number of carbonyl (C=O) groups is 2. The second kappa shape index (κ2) is 9.50. The summed E-state index contributed by atoms with van der Waals surface area (Å²) in [6.07, 6.45) is 11.8. The van der Waals surface area contributed by atoms with Gasteiger partial charge in [0.05, 0.1) is 0 Å². The zero-order valence-corrected chi connectivity index (χ0v) is 15.3. The van der Waals surface area contributed by atoms with Crippen LogP contribution in [0.3, 0.4) is 0 Å². The normalized spacial score (nSPS) is 19.2. The van der Waals surface area contributed by atoms with Gasteiger partial charge in [0.25, 0.3) is 0 Å². The smallest absolute Gasteiger partial charge is 0.315 e. The Morgan fingerprint density at radius 1 is 1.04 bits per heavy atom. The Kier molecular flexibility index (Phi) is 6.80. The summed E-state index contributed by atoms with van der Waals surface area (Å²) in [5, 5.41) is 6.17. The van der Waals surface area contributed by atoms with Gasteiger partial charge in [-0.25, -0.2) is 14.8 Å². The van der Waals surface area contributed by atoms with Gasteiger partial charge in [0.15, 0.2) is 0 Å². The number of nitrogens with one attached hydrogen (secondary N) is 2. The molecule has 2 heterocycles. The lowest BCUT2D eigenvalue weighted by atomic mass is 9.96. The van der Waals surface area contributed by atoms with Gasteiger partial charge in [-0.05, 0) is 38.2 Å². The van der Waals surface area contributed by atoms with E-state index in [-0.39, 0.29) is 18.0 Å². The number of amides is 3. The second-order valence-corrected chi connectivity index (χ2v) is 7.31. The quantitative estimate of drug-likeness (QED) is 0.842. The van der Waals surface area contributed by atoms with E-state index in [9.17, 15) is 9.59 Å². The molecule has 2 N–H and O–H groups in total. The van der Waals surface area contributed by atoms with E-state index in [0.29, 0.717) is 32.0 Å². The van der Waals surface area contributed by atoms with Crippen LogP contribution in [0.1, 0.15) is 57.1 Å². The minimum atomic E-state index is -0.0505. The molecule has 1 saturated carbocycles. The van der Waals surface area contributed by atoms with E-state index < -0.39 is 0 Å². The number of nitrogens with zero attached hydrogens (tertiary/aromatic N) is 3. The summed E-state index contributed by atoms with van der Waals surface area (Å²) in [6.45, 7) is 1.41. The van der Waals surface area contributed by atoms with Crippen molar-refractivity contribution < 1.29 is 9.59 Å². The molecule has 26 heavy (non-hydrogen) atoms. The SMILES string of the molecule is O=C(NC1CCCCC1)NC1CCN(C(=O)CCc2ccncn2)CC1. The van der Waals surface area contributed by atoms with Crippen molar-refractivity contribution in [3.63, 3.8) is 0 Å². The van der Waals surface area contributed by atoms with Gasteiger partial charge in [-0.3, -0.25) is 4.79 Å². The van der Waals surface area contributed by atoms with E-state index in [2.05, 4.69) is 20.6 Å². The molecule has 0 atom stereocenters. The number of piperidine rings is 1. The van der Waals surface area contributed by atoms with Gasteiger partial charge in [-0.2, -0.15) is 0 Å². The Morgan fingerprint density at radius 3 is 2.38 bits per heavy atom. The molecule has 1 aliphatic carbocycles. The van der Waals surface area contributed by atoms with Crippen LogP contribution >= 0.6 is 0 Å². The predicted octanol–water partition coefficient (Wildman–Crippen LogP) is 2.03. The fourth-order valence-corrected chi connectivity index (χ4v) is 3.79. The van der Waals surface area contributed by atoms with Crippen molar-refractivity contribution in [3.8, 4) is 0 Å². The first kappa shape index (κ1) is 18.6. The molecule has 1 aliphatic heterocycles. The number of urea groups is 1. The van der Waals surface area contributed by atoms with Gasteiger partial charge in [-0.15, -0.1) is 0 Å². The number of likely N-dealkylation sites (tertiary alicyclic amines) is 1. The highest BCUT2D eigenvalue weighted by molar-refractivity contribution is 5.77. The summed E-state index contributed by atoms with van der Waals surface area (Å²) in [5.74, 6) is 0.161. The van der Waals surface area contributed by atoms with E-state index in [1.165, 1.54) is 25.6 Å². The van der Waals surface area contributed by atoms with Crippen LogP contribution in [-0.2, 0) is 11.2 Å². The molecule has 0 spiro atoms. The second-order valence-electron chi connectivity index (χ2n) is 7.31. The van der Waals surface area contributed by atoms with Crippen molar-refractivity contribution in [2.75, 3.05) is 13.1 Å². The fourth-order valence-electron chi connectivity index (χ4n) is 3.79. The maximum Gasteiger partial charge on any atom is 0.315 e. The van der Waals surface area contributed by atoms with Gasteiger partial charge < -0.3 is 15.5 Å². The van der Waals surface area contributed by atoms with Crippen molar-refractivity contribution in [3.05, 3.63) is 24.3 Å². The van der Waals surface area contributed by atoms with Crippen molar-refractivity contribution in [2.24, 2.45) is 0 Å². The third-order valence-corrected chi connectivity index (χ3v) is 5.36. The molecule has 1 saturated heterocycles. The number of hydrogen-bond acceptors (Lipinski definition) is 4. The highest BCUT2D eigenvalue weighted by atomic mass is 16.2. The number of rotatable bonds is 5. The standard InChI is InChI=1S/C19H29N5O2/c25-18(7-6-15-8-11-20-14-21-15)24-12-9-17(10-13-24)23-19(26)22-16-4-2-1-3-5-16/h8,11,14,16-17H,1-7,9-10,12-13H2,(H2,22,23,26). The monoisotopic (exact) mass is 359 g/mol. The van der Waals surface area contributed by atoms with Gasteiger partial charge in [0.2, 0.25) is 5.91 Å². The largest absolute Gasteiger partial charge is 0.343 e. The number of hydrogen-bond donors (Lipinski definition) is 2. The highest BCUT2D eigenvalue weighted by Crippen LogP contribution is 2.17. The first-order valence-electron chi connectivity index (χ1n) is 9.80. The average molecular weight is 359 g/mol. The summed E-state index contributed by atoms with van der Waals surface area (Å²) in [7, 11) is 0. The number of carbonyl (C=O) groups excluding carboxylic acids is 2. The third kappa shape index (κ3) is 5.68. The molecule has 1 aromatic heterocycles. The molecule has 1 aromatic rings. The molecule has 3 rings (SSSR count). The van der Waals surface area contributed by atoms with Crippen LogP contribution in [0.15, 0.2) is 18.6 Å². The molecule has 2 fully saturated rings. The highest BCUT2D eigenvalue weighted by Gasteiger charge is 2.24. The number of aromatic nitrogens is 2. The Balaban J connectivity index is 1.34. The van der Waals surface area contributed by atoms with E-state index in [0.717, 1.165) is 31.4 Å². The van der Waals surface area contributed by atoms with Crippen LogP contribution in [0, 0.1) is 0 Å². The molecular weight excluding hydrogens is 330 g/mol. The zero-order valence-electron chi connectivity index (χ0n) is 15.3. The summed E-state index contributed by atoms with van der Waals surface area (Å²) >= 11 is 0. The summed E-state index contributed by atoms with van der Waals surface area (Å²) in [5.41, 5.74) is 0.893.